The molecule has 0 amide bonds. The number of aryl methyl sites for hydroxylation is 1. The normalized spacial score (nSPS) is 15.2. The van der Waals surface area contributed by atoms with Crippen molar-refractivity contribution in [1.82, 2.24) is 40.3 Å². The fourth-order valence-corrected chi connectivity index (χ4v) is 7.94. The predicted molar refractivity (Wildman–Crippen MR) is 251 cm³/mol. The molecule has 0 aliphatic carbocycles. The van der Waals surface area contributed by atoms with E-state index in [9.17, 15) is 0 Å². The molecule has 2 aliphatic rings. The van der Waals surface area contributed by atoms with Crippen molar-refractivity contribution in [2.75, 3.05) is 47.4 Å². The third-order valence-corrected chi connectivity index (χ3v) is 11.6. The zero-order chi connectivity index (χ0) is 43.2. The molecule has 2 fully saturated rings. The number of piperidine rings is 2. The highest BCUT2D eigenvalue weighted by Crippen LogP contribution is 2.31. The summed E-state index contributed by atoms with van der Waals surface area (Å²) < 4.78 is 12.7. The first-order chi connectivity index (χ1) is 30.7. The summed E-state index contributed by atoms with van der Waals surface area (Å²) in [7, 11) is 0. The molecule has 0 spiro atoms. The highest BCUT2D eigenvalue weighted by atomic mass is 16.5. The minimum absolute atomic E-state index is 0.0547. The SMILES string of the molecule is Cc1cnc(Nc2ccc(OC3CCN(Cc4cnc(Nc5ccc(OC6CCNCC6)cc5)nc4Nc4cccc5[nH]ncc45)CC3)cc2)nc1Nc1cccc(C(C)(C)C)c1. The second-order valence-corrected chi connectivity index (χ2v) is 17.5. The molecule has 0 bridgehead atoms. The second-order valence-electron chi connectivity index (χ2n) is 17.5. The van der Waals surface area contributed by atoms with Crippen molar-refractivity contribution >= 4 is 57.2 Å². The standard InChI is InChI=1S/C49H56N12O2/c1-32-28-51-47(58-45(32)54-37-8-5-7-34(27-37)49(2,3)4)55-35-13-17-39(18-14-35)63-41-21-25-61(26-22-41)31-33-29-52-48(59-46(33)57-43-9-6-10-44-42(43)30-53-60-44)56-36-11-15-38(16-12-36)62-40-19-23-50-24-20-40/h5-18,27-30,40-41,50H,19-26,31H2,1-4H3,(H,53,60)(H2,51,54,55,58)(H2,52,56,57,59). The van der Waals surface area contributed by atoms with Gasteiger partial charge in [0.05, 0.1) is 17.4 Å². The van der Waals surface area contributed by atoms with Gasteiger partial charge in [0.25, 0.3) is 0 Å². The number of nitrogens with one attached hydrogen (secondary N) is 6. The Morgan fingerprint density at radius 2 is 1.30 bits per heavy atom. The van der Waals surface area contributed by atoms with Crippen LogP contribution in [0.25, 0.3) is 10.9 Å². The third-order valence-electron chi connectivity index (χ3n) is 11.6. The molecular weight excluding hydrogens is 789 g/mol. The lowest BCUT2D eigenvalue weighted by Crippen LogP contribution is -2.38. The third kappa shape index (κ3) is 10.6. The highest BCUT2D eigenvalue weighted by Gasteiger charge is 2.23. The van der Waals surface area contributed by atoms with Gasteiger partial charge >= 0.3 is 0 Å². The topological polar surface area (TPSA) is 162 Å². The molecular formula is C49H56N12O2. The average Bonchev–Trinajstić information content (AvgIpc) is 3.78. The van der Waals surface area contributed by atoms with Gasteiger partial charge in [0.1, 0.15) is 35.3 Å². The first kappa shape index (κ1) is 41.6. The molecule has 5 heterocycles. The van der Waals surface area contributed by atoms with Crippen LogP contribution in [0.2, 0.25) is 0 Å². The Kier molecular flexibility index (Phi) is 12.3. The van der Waals surface area contributed by atoms with E-state index in [0.717, 1.165) is 120 Å². The predicted octanol–water partition coefficient (Wildman–Crippen LogP) is 9.90. The molecule has 0 unspecified atom stereocenters. The minimum Gasteiger partial charge on any atom is -0.490 e. The van der Waals surface area contributed by atoms with E-state index >= 15 is 0 Å². The maximum Gasteiger partial charge on any atom is 0.229 e. The van der Waals surface area contributed by atoms with Crippen LogP contribution in [0.4, 0.5) is 46.3 Å². The maximum absolute atomic E-state index is 6.49. The van der Waals surface area contributed by atoms with Gasteiger partial charge in [0.15, 0.2) is 0 Å². The van der Waals surface area contributed by atoms with Crippen molar-refractivity contribution in [3.05, 3.63) is 126 Å². The van der Waals surface area contributed by atoms with E-state index in [1.807, 2.05) is 92.2 Å². The number of ether oxygens (including phenoxy) is 2. The van der Waals surface area contributed by atoms with Crippen molar-refractivity contribution in [3.8, 4) is 11.5 Å². The summed E-state index contributed by atoms with van der Waals surface area (Å²) in [5.41, 5.74) is 7.92. The largest absolute Gasteiger partial charge is 0.490 e. The van der Waals surface area contributed by atoms with Crippen molar-refractivity contribution < 1.29 is 9.47 Å². The number of aromatic nitrogens is 6. The van der Waals surface area contributed by atoms with Crippen molar-refractivity contribution in [1.29, 1.82) is 0 Å². The van der Waals surface area contributed by atoms with Crippen molar-refractivity contribution in [2.24, 2.45) is 0 Å². The molecule has 6 N–H and O–H groups in total. The first-order valence-electron chi connectivity index (χ1n) is 21.9. The van der Waals surface area contributed by atoms with Crippen LogP contribution in [0.1, 0.15) is 63.1 Å². The lowest BCUT2D eigenvalue weighted by atomic mass is 9.87. The van der Waals surface area contributed by atoms with E-state index < -0.39 is 0 Å². The summed E-state index contributed by atoms with van der Waals surface area (Å²) >= 11 is 0. The summed E-state index contributed by atoms with van der Waals surface area (Å²) in [6.45, 7) is 13.1. The Morgan fingerprint density at radius 1 is 0.667 bits per heavy atom. The van der Waals surface area contributed by atoms with Gasteiger partial charge in [-0.3, -0.25) is 10.00 Å². The van der Waals surface area contributed by atoms with E-state index in [2.05, 4.69) is 91.7 Å². The molecule has 9 rings (SSSR count). The van der Waals surface area contributed by atoms with Gasteiger partial charge in [-0.1, -0.05) is 39.0 Å². The fraction of sp³-hybridized carbons (Fsp3) is 0.327. The van der Waals surface area contributed by atoms with Gasteiger partial charge in [0.2, 0.25) is 11.9 Å². The molecule has 4 aromatic carbocycles. The van der Waals surface area contributed by atoms with Crippen molar-refractivity contribution in [3.63, 3.8) is 0 Å². The van der Waals surface area contributed by atoms with Crippen LogP contribution < -0.4 is 36.1 Å². The van der Waals surface area contributed by atoms with Gasteiger partial charge < -0.3 is 36.1 Å². The molecule has 7 aromatic rings. The molecule has 0 atom stereocenters. The Hall–Kier alpha value is -6.77. The number of fused-ring (bicyclic) bond motifs is 1. The summed E-state index contributed by atoms with van der Waals surface area (Å²) in [5, 5.41) is 25.6. The Labute approximate surface area is 368 Å². The van der Waals surface area contributed by atoms with Crippen LogP contribution in [0.5, 0.6) is 11.5 Å². The lowest BCUT2D eigenvalue weighted by Gasteiger charge is -2.32. The monoisotopic (exact) mass is 844 g/mol. The van der Waals surface area contributed by atoms with Gasteiger partial charge in [-0.25, -0.2) is 9.97 Å². The zero-order valence-electron chi connectivity index (χ0n) is 36.4. The number of H-pyrrole nitrogens is 1. The number of likely N-dealkylation sites (tertiary alicyclic amines) is 1. The summed E-state index contributed by atoms with van der Waals surface area (Å²) in [6.07, 6.45) is 9.79. The molecule has 3 aromatic heterocycles. The highest BCUT2D eigenvalue weighted by molar-refractivity contribution is 5.92. The average molecular weight is 845 g/mol. The second kappa shape index (κ2) is 18.7. The number of hydrogen-bond acceptors (Lipinski definition) is 13. The molecule has 0 saturated carbocycles. The first-order valence-corrected chi connectivity index (χ1v) is 21.9. The van der Waals surface area contributed by atoms with Gasteiger partial charge in [-0.15, -0.1) is 0 Å². The summed E-state index contributed by atoms with van der Waals surface area (Å²) in [5.74, 6) is 4.24. The van der Waals surface area contributed by atoms with E-state index in [1.165, 1.54) is 5.56 Å². The molecule has 2 saturated heterocycles. The fourth-order valence-electron chi connectivity index (χ4n) is 7.94. The van der Waals surface area contributed by atoms with Gasteiger partial charge in [-0.2, -0.15) is 15.1 Å². The number of aromatic amines is 1. The summed E-state index contributed by atoms with van der Waals surface area (Å²) in [6, 6.07) is 30.6. The molecule has 14 heteroatoms. The van der Waals surface area contributed by atoms with Crippen molar-refractivity contribution in [2.45, 2.75) is 77.5 Å². The minimum atomic E-state index is 0.0547. The number of nitrogens with zero attached hydrogens (tertiary/aromatic N) is 6. The van der Waals surface area contributed by atoms with E-state index in [0.29, 0.717) is 18.4 Å². The van der Waals surface area contributed by atoms with E-state index in [1.54, 1.807) is 0 Å². The lowest BCUT2D eigenvalue weighted by molar-refractivity contribution is 0.0968. The van der Waals surface area contributed by atoms with Crippen LogP contribution in [-0.2, 0) is 12.0 Å². The molecule has 2 aliphatic heterocycles. The van der Waals surface area contributed by atoms with E-state index in [-0.39, 0.29) is 17.6 Å². The Bertz CT molecular complexity index is 2610. The number of benzene rings is 4. The summed E-state index contributed by atoms with van der Waals surface area (Å²) in [4.78, 5) is 21.5. The Balaban J connectivity index is 0.808. The van der Waals surface area contributed by atoms with Crippen LogP contribution >= 0.6 is 0 Å². The number of hydrogen-bond donors (Lipinski definition) is 6. The van der Waals surface area contributed by atoms with Gasteiger partial charge in [0, 0.05) is 65.6 Å². The van der Waals surface area contributed by atoms with Gasteiger partial charge in [-0.05, 0) is 129 Å². The van der Waals surface area contributed by atoms with Crippen LogP contribution in [0.3, 0.4) is 0 Å². The number of anilines is 8. The quantitative estimate of drug-likeness (QED) is 0.0614. The zero-order valence-corrected chi connectivity index (χ0v) is 36.4. The molecule has 63 heavy (non-hydrogen) atoms. The Morgan fingerprint density at radius 3 is 1.98 bits per heavy atom. The van der Waals surface area contributed by atoms with Crippen LogP contribution in [0, 0.1) is 6.92 Å². The van der Waals surface area contributed by atoms with Crippen LogP contribution in [0.15, 0.2) is 110 Å². The maximum atomic E-state index is 6.49. The molecule has 0 radical (unpaired) electrons. The van der Waals surface area contributed by atoms with Crippen LogP contribution in [-0.4, -0.2) is 73.4 Å². The smallest absolute Gasteiger partial charge is 0.229 e. The molecule has 324 valence electrons. The molecule has 14 nitrogen and oxygen atoms in total. The van der Waals surface area contributed by atoms with E-state index in [4.69, 9.17) is 24.4 Å². The number of rotatable bonds is 14.